The summed E-state index contributed by atoms with van der Waals surface area (Å²) in [6, 6.07) is 4.34. The monoisotopic (exact) mass is 224 g/mol. The second-order valence-electron chi connectivity index (χ2n) is 5.04. The van der Waals surface area contributed by atoms with Gasteiger partial charge < -0.3 is 5.32 Å². The molecule has 2 rings (SSSR count). The van der Waals surface area contributed by atoms with Gasteiger partial charge in [-0.15, -0.1) is 0 Å². The number of rotatable bonds is 4. The van der Waals surface area contributed by atoms with Crippen molar-refractivity contribution in [2.45, 2.75) is 17.7 Å². The summed E-state index contributed by atoms with van der Waals surface area (Å²) < 4.78 is 0. The van der Waals surface area contributed by atoms with Crippen molar-refractivity contribution in [1.82, 2.24) is 4.98 Å². The molecule has 84 valence electrons. The Balaban J connectivity index is 2.04. The molecule has 1 fully saturated rings. The minimum atomic E-state index is -0.628. The predicted molar refractivity (Wildman–Crippen MR) is 69.1 cm³/mol. The molecule has 0 unspecified atom stereocenters. The fourth-order valence-electron chi connectivity index (χ4n) is 1.46. The first kappa shape index (κ1) is 10.8. The minimum absolute atomic E-state index is 0.628. The van der Waals surface area contributed by atoms with Crippen LogP contribution in [0.2, 0.25) is 0 Å². The molecule has 0 amide bonds. The van der Waals surface area contributed by atoms with E-state index in [2.05, 4.69) is 41.2 Å². The van der Waals surface area contributed by atoms with Crippen LogP contribution in [0.15, 0.2) is 23.2 Å². The summed E-state index contributed by atoms with van der Waals surface area (Å²) in [6.45, 7) is 1.09. The zero-order valence-corrected chi connectivity index (χ0v) is 10.6. The number of hydrogen-bond acceptors (Lipinski definition) is 2. The van der Waals surface area contributed by atoms with E-state index in [1.807, 2.05) is 6.20 Å². The van der Waals surface area contributed by atoms with Gasteiger partial charge in [-0.25, -0.2) is 15.0 Å². The second-order valence-corrected chi connectivity index (χ2v) is 9.18. The molecule has 0 saturated heterocycles. The molecule has 0 aromatic carbocycles. The highest BCUT2D eigenvalue weighted by molar-refractivity contribution is 8.32. The van der Waals surface area contributed by atoms with Crippen LogP contribution in [0, 0.1) is 5.92 Å². The van der Waals surface area contributed by atoms with Gasteiger partial charge in [0.25, 0.3) is 0 Å². The van der Waals surface area contributed by atoms with E-state index < -0.39 is 10.0 Å². The van der Waals surface area contributed by atoms with Crippen LogP contribution < -0.4 is 5.32 Å². The first-order valence-electron chi connectivity index (χ1n) is 5.44. The Kier molecular flexibility index (Phi) is 2.91. The first-order valence-corrected chi connectivity index (χ1v) is 8.30. The Hall–Kier alpha value is -0.700. The number of pyridine rings is 1. The largest absolute Gasteiger partial charge is 0.370 e. The normalized spacial score (nSPS) is 17.5. The van der Waals surface area contributed by atoms with Crippen LogP contribution in [0.4, 0.5) is 5.82 Å². The lowest BCUT2D eigenvalue weighted by Crippen LogP contribution is -2.05. The van der Waals surface area contributed by atoms with Crippen molar-refractivity contribution in [1.29, 1.82) is 0 Å². The lowest BCUT2D eigenvalue weighted by Gasteiger charge is -2.25. The van der Waals surface area contributed by atoms with Crippen molar-refractivity contribution in [3.05, 3.63) is 18.3 Å². The maximum absolute atomic E-state index is 4.35. The van der Waals surface area contributed by atoms with E-state index in [1.165, 1.54) is 17.7 Å². The number of hydrogen-bond donors (Lipinski definition) is 1. The quantitative estimate of drug-likeness (QED) is 0.850. The van der Waals surface area contributed by atoms with Gasteiger partial charge in [-0.1, -0.05) is 0 Å². The van der Waals surface area contributed by atoms with Gasteiger partial charge in [-0.05, 0) is 54.6 Å². The molecule has 0 radical (unpaired) electrons. The van der Waals surface area contributed by atoms with Crippen molar-refractivity contribution in [3.63, 3.8) is 0 Å². The lowest BCUT2D eigenvalue weighted by molar-refractivity contribution is 0.882. The third-order valence-corrected chi connectivity index (χ3v) is 4.38. The number of anilines is 1. The van der Waals surface area contributed by atoms with Crippen LogP contribution in [0.3, 0.4) is 0 Å². The Morgan fingerprint density at radius 1 is 1.40 bits per heavy atom. The molecule has 15 heavy (non-hydrogen) atoms. The van der Waals surface area contributed by atoms with Gasteiger partial charge in [0.05, 0.1) is 0 Å². The molecule has 1 saturated carbocycles. The summed E-state index contributed by atoms with van der Waals surface area (Å²) in [6.07, 6.45) is 11.6. The van der Waals surface area contributed by atoms with E-state index in [9.17, 15) is 0 Å². The molecule has 1 aromatic heterocycles. The fourth-order valence-corrected chi connectivity index (χ4v) is 2.39. The van der Waals surface area contributed by atoms with Gasteiger partial charge in [-0.3, -0.25) is 0 Å². The summed E-state index contributed by atoms with van der Waals surface area (Å²) in [7, 11) is -0.628. The fraction of sp³-hybridized carbons (Fsp3) is 0.583. The molecule has 1 aliphatic carbocycles. The third kappa shape index (κ3) is 3.13. The van der Waals surface area contributed by atoms with E-state index in [4.69, 9.17) is 0 Å². The molecule has 0 atom stereocenters. The van der Waals surface area contributed by atoms with Crippen LogP contribution in [-0.2, 0) is 0 Å². The maximum atomic E-state index is 4.35. The molecular weight excluding hydrogens is 204 g/mol. The summed E-state index contributed by atoms with van der Waals surface area (Å²) in [5.41, 5.74) is 0. The minimum Gasteiger partial charge on any atom is -0.370 e. The average molecular weight is 224 g/mol. The van der Waals surface area contributed by atoms with Gasteiger partial charge >= 0.3 is 0 Å². The Morgan fingerprint density at radius 3 is 2.73 bits per heavy atom. The van der Waals surface area contributed by atoms with E-state index in [0.29, 0.717) is 0 Å². The van der Waals surface area contributed by atoms with Gasteiger partial charge in [0.2, 0.25) is 0 Å². The van der Waals surface area contributed by atoms with Crippen LogP contribution in [-0.4, -0.2) is 30.3 Å². The highest BCUT2D eigenvalue weighted by Gasteiger charge is 2.20. The number of nitrogens with one attached hydrogen (secondary N) is 1. The highest BCUT2D eigenvalue weighted by Crippen LogP contribution is 2.45. The molecule has 0 bridgehead atoms. The van der Waals surface area contributed by atoms with E-state index in [0.717, 1.165) is 18.3 Å². The van der Waals surface area contributed by atoms with Gasteiger partial charge in [0.1, 0.15) is 5.82 Å². The number of aromatic nitrogens is 1. The van der Waals surface area contributed by atoms with E-state index in [-0.39, 0.29) is 0 Å². The second kappa shape index (κ2) is 4.05. The van der Waals surface area contributed by atoms with Crippen LogP contribution in [0.5, 0.6) is 0 Å². The van der Waals surface area contributed by atoms with Crippen molar-refractivity contribution >= 4 is 15.8 Å². The zero-order valence-electron chi connectivity index (χ0n) is 9.79. The average Bonchev–Trinajstić information content (AvgIpc) is 2.97. The zero-order chi connectivity index (χ0) is 10.9. The molecule has 2 nitrogen and oxygen atoms in total. The topological polar surface area (TPSA) is 24.9 Å². The van der Waals surface area contributed by atoms with Gasteiger partial charge in [0.15, 0.2) is 0 Å². The van der Waals surface area contributed by atoms with Gasteiger partial charge in [-0.2, -0.15) is 0 Å². The van der Waals surface area contributed by atoms with Crippen molar-refractivity contribution < 1.29 is 0 Å². The molecule has 0 spiro atoms. The van der Waals surface area contributed by atoms with Crippen molar-refractivity contribution in [3.8, 4) is 0 Å². The summed E-state index contributed by atoms with van der Waals surface area (Å²) in [5, 5.41) is 3.42. The Labute approximate surface area is 93.8 Å². The molecule has 1 aliphatic rings. The SMILES string of the molecule is CS(C)(C)c1ccnc(NCC2CC2)c1. The van der Waals surface area contributed by atoms with E-state index in [1.54, 1.807) is 0 Å². The van der Waals surface area contributed by atoms with Crippen LogP contribution in [0.25, 0.3) is 0 Å². The van der Waals surface area contributed by atoms with Gasteiger partial charge in [0, 0.05) is 12.7 Å². The Morgan fingerprint density at radius 2 is 2.13 bits per heavy atom. The molecule has 1 N–H and O–H groups in total. The van der Waals surface area contributed by atoms with Crippen LogP contribution >= 0.6 is 10.0 Å². The molecular formula is C12H20N2S. The maximum Gasteiger partial charge on any atom is 0.126 e. The smallest absolute Gasteiger partial charge is 0.126 e. The van der Waals surface area contributed by atoms with Crippen LogP contribution in [0.1, 0.15) is 12.8 Å². The standard InChI is InChI=1S/C12H20N2S/c1-15(2,3)11-6-7-13-12(8-11)14-9-10-4-5-10/h6-8,10H,4-5,9H2,1-3H3,(H,13,14). The number of nitrogens with zero attached hydrogens (tertiary/aromatic N) is 1. The third-order valence-electron chi connectivity index (χ3n) is 2.71. The van der Waals surface area contributed by atoms with E-state index >= 15 is 0 Å². The lowest BCUT2D eigenvalue weighted by atomic mass is 10.4. The summed E-state index contributed by atoms with van der Waals surface area (Å²) in [4.78, 5) is 5.78. The summed E-state index contributed by atoms with van der Waals surface area (Å²) >= 11 is 0. The van der Waals surface area contributed by atoms with Crippen molar-refractivity contribution in [2.75, 3.05) is 30.6 Å². The molecule has 1 aromatic rings. The molecule has 3 heteroatoms. The predicted octanol–water partition coefficient (Wildman–Crippen LogP) is 2.96. The molecule has 1 heterocycles. The molecule has 0 aliphatic heterocycles. The highest BCUT2D eigenvalue weighted by atomic mass is 32.3. The first-order chi connectivity index (χ1) is 7.05. The summed E-state index contributed by atoms with van der Waals surface area (Å²) in [5.74, 6) is 1.94. The Bertz CT molecular complexity index is 340. The van der Waals surface area contributed by atoms with Crippen molar-refractivity contribution in [2.24, 2.45) is 5.92 Å².